The first-order chi connectivity index (χ1) is 14.7. The lowest BCUT2D eigenvalue weighted by atomic mass is 10.0. The number of piperidine rings is 1. The Balaban J connectivity index is 1.51. The van der Waals surface area contributed by atoms with Crippen LogP contribution in [0.3, 0.4) is 0 Å². The second-order valence-electron chi connectivity index (χ2n) is 7.38. The fraction of sp³-hybridized carbons (Fsp3) is 0.364. The van der Waals surface area contributed by atoms with E-state index in [-0.39, 0.29) is 29.9 Å². The van der Waals surface area contributed by atoms with Crippen molar-refractivity contribution in [2.45, 2.75) is 31.8 Å². The number of nitrogens with one attached hydrogen (secondary N) is 1. The molecule has 0 saturated carbocycles. The third-order valence-corrected chi connectivity index (χ3v) is 5.14. The number of ether oxygens (including phenoxy) is 1. The smallest absolute Gasteiger partial charge is 0.405 e. The van der Waals surface area contributed by atoms with E-state index in [1.165, 1.54) is 30.1 Å². The number of alkyl halides is 3. The Hall–Kier alpha value is -3.41. The quantitative estimate of drug-likeness (QED) is 0.766. The second kappa shape index (κ2) is 9.60. The Kier molecular flexibility index (Phi) is 6.90. The van der Waals surface area contributed by atoms with Gasteiger partial charge in [-0.1, -0.05) is 18.2 Å². The summed E-state index contributed by atoms with van der Waals surface area (Å²) in [5, 5.41) is 11.8. The topological polar surface area (TPSA) is 68.6 Å². The Morgan fingerprint density at radius 2 is 1.84 bits per heavy atom. The first-order valence-electron chi connectivity index (χ1n) is 9.85. The van der Waals surface area contributed by atoms with E-state index in [0.717, 1.165) is 31.6 Å². The summed E-state index contributed by atoms with van der Waals surface area (Å²) in [5.41, 5.74) is 1.91. The van der Waals surface area contributed by atoms with E-state index < -0.39 is 6.36 Å². The summed E-state index contributed by atoms with van der Waals surface area (Å²) in [6.07, 6.45) is -3.31. The first kappa shape index (κ1) is 22.3. The minimum absolute atomic E-state index is 0.0117. The highest BCUT2D eigenvalue weighted by Crippen LogP contribution is 2.27. The molecule has 3 rings (SSSR count). The Bertz CT molecular complexity index is 933. The van der Waals surface area contributed by atoms with Gasteiger partial charge in [0.25, 0.3) is 0 Å². The number of amides is 2. The zero-order valence-electron chi connectivity index (χ0n) is 17.0. The van der Waals surface area contributed by atoms with Crippen LogP contribution in [0.2, 0.25) is 0 Å². The normalized spacial score (nSPS) is 14.6. The van der Waals surface area contributed by atoms with Crippen LogP contribution in [0.1, 0.15) is 24.0 Å². The van der Waals surface area contributed by atoms with E-state index in [0.29, 0.717) is 5.56 Å². The fourth-order valence-corrected chi connectivity index (χ4v) is 3.50. The molecule has 0 unspecified atom stereocenters. The van der Waals surface area contributed by atoms with Gasteiger partial charge in [-0.2, -0.15) is 5.26 Å². The van der Waals surface area contributed by atoms with Gasteiger partial charge >= 0.3 is 12.4 Å². The van der Waals surface area contributed by atoms with Crippen LogP contribution >= 0.6 is 0 Å². The number of hydrogen-bond acceptors (Lipinski definition) is 4. The van der Waals surface area contributed by atoms with Crippen molar-refractivity contribution in [3.8, 4) is 11.8 Å². The molecular formula is C22H23F3N4O2. The number of nitrogens with zero attached hydrogens (tertiary/aromatic N) is 3. The maximum absolute atomic E-state index is 12.6. The minimum atomic E-state index is -4.79. The molecular weight excluding hydrogens is 409 g/mol. The zero-order valence-corrected chi connectivity index (χ0v) is 17.0. The number of urea groups is 1. The molecule has 2 aromatic rings. The van der Waals surface area contributed by atoms with Crippen molar-refractivity contribution >= 4 is 11.7 Å². The van der Waals surface area contributed by atoms with Crippen LogP contribution in [0.25, 0.3) is 0 Å². The van der Waals surface area contributed by atoms with Gasteiger partial charge < -0.3 is 19.9 Å². The number of rotatable bonds is 5. The molecule has 1 fully saturated rings. The largest absolute Gasteiger partial charge is 0.573 e. The van der Waals surface area contributed by atoms with Gasteiger partial charge in [-0.3, -0.25) is 0 Å². The van der Waals surface area contributed by atoms with Crippen LogP contribution in [0.4, 0.5) is 23.7 Å². The molecule has 0 spiro atoms. The van der Waals surface area contributed by atoms with Crippen LogP contribution in [-0.4, -0.2) is 43.5 Å². The molecule has 0 bridgehead atoms. The van der Waals surface area contributed by atoms with Gasteiger partial charge in [0.15, 0.2) is 0 Å². The van der Waals surface area contributed by atoms with Crippen LogP contribution in [0.5, 0.6) is 5.75 Å². The van der Waals surface area contributed by atoms with E-state index in [1.807, 2.05) is 12.1 Å². The lowest BCUT2D eigenvalue weighted by molar-refractivity contribution is -0.275. The minimum Gasteiger partial charge on any atom is -0.405 e. The van der Waals surface area contributed by atoms with Crippen LogP contribution in [-0.2, 0) is 6.54 Å². The van der Waals surface area contributed by atoms with Gasteiger partial charge in [-0.05, 0) is 43.2 Å². The Morgan fingerprint density at radius 1 is 1.19 bits per heavy atom. The molecule has 1 aliphatic rings. The van der Waals surface area contributed by atoms with Gasteiger partial charge in [0.1, 0.15) is 5.75 Å². The molecule has 1 aliphatic heterocycles. The average molecular weight is 432 g/mol. The fourth-order valence-electron chi connectivity index (χ4n) is 3.50. The molecule has 164 valence electrons. The van der Waals surface area contributed by atoms with Crippen LogP contribution in [0.15, 0.2) is 48.5 Å². The highest BCUT2D eigenvalue weighted by Gasteiger charge is 2.32. The van der Waals surface area contributed by atoms with E-state index in [4.69, 9.17) is 5.26 Å². The predicted octanol–water partition coefficient (Wildman–Crippen LogP) is 4.27. The summed E-state index contributed by atoms with van der Waals surface area (Å²) in [5.74, 6) is -0.314. The SMILES string of the molecule is CN(Cc1ccccc1OC(F)(F)F)C(=O)NC1CCN(c2ccc(C#N)cc2)CC1. The summed E-state index contributed by atoms with van der Waals surface area (Å²) >= 11 is 0. The van der Waals surface area contributed by atoms with Crippen molar-refractivity contribution in [2.24, 2.45) is 0 Å². The van der Waals surface area contributed by atoms with Gasteiger partial charge in [0.2, 0.25) is 0 Å². The van der Waals surface area contributed by atoms with E-state index in [2.05, 4.69) is 21.0 Å². The average Bonchev–Trinajstić information content (AvgIpc) is 2.74. The highest BCUT2D eigenvalue weighted by atomic mass is 19.4. The zero-order chi connectivity index (χ0) is 22.4. The van der Waals surface area contributed by atoms with Crippen molar-refractivity contribution in [1.29, 1.82) is 5.26 Å². The van der Waals surface area contributed by atoms with E-state index in [1.54, 1.807) is 18.2 Å². The summed E-state index contributed by atoms with van der Waals surface area (Å²) in [7, 11) is 1.53. The number of carbonyl (C=O) groups is 1. The van der Waals surface area contributed by atoms with Crippen LogP contribution < -0.4 is 15.0 Å². The van der Waals surface area contributed by atoms with Gasteiger partial charge in [0, 0.05) is 37.4 Å². The highest BCUT2D eigenvalue weighted by molar-refractivity contribution is 5.74. The molecule has 0 aromatic heterocycles. The molecule has 0 aliphatic carbocycles. The maximum Gasteiger partial charge on any atom is 0.573 e. The molecule has 2 aromatic carbocycles. The molecule has 6 nitrogen and oxygen atoms in total. The third-order valence-electron chi connectivity index (χ3n) is 5.14. The van der Waals surface area contributed by atoms with Gasteiger partial charge in [0.05, 0.1) is 18.2 Å². The van der Waals surface area contributed by atoms with Gasteiger partial charge in [-0.15, -0.1) is 13.2 Å². The standard InChI is InChI=1S/C22H23F3N4O2/c1-28(15-17-4-2-3-5-20(17)31-22(23,24)25)21(30)27-18-10-12-29(13-11-18)19-8-6-16(14-26)7-9-19/h2-9,18H,10-13,15H2,1H3,(H,27,30). The number of benzene rings is 2. The molecule has 1 saturated heterocycles. The molecule has 31 heavy (non-hydrogen) atoms. The predicted molar refractivity (Wildman–Crippen MR) is 110 cm³/mol. The molecule has 0 atom stereocenters. The summed E-state index contributed by atoms with van der Waals surface area (Å²) < 4.78 is 41.8. The van der Waals surface area contributed by atoms with E-state index in [9.17, 15) is 18.0 Å². The number of halogens is 3. The first-order valence-corrected chi connectivity index (χ1v) is 9.85. The number of hydrogen-bond donors (Lipinski definition) is 1. The molecule has 2 amide bonds. The van der Waals surface area contributed by atoms with Crippen molar-refractivity contribution in [3.05, 3.63) is 59.7 Å². The van der Waals surface area contributed by atoms with Crippen molar-refractivity contribution < 1.29 is 22.7 Å². The Morgan fingerprint density at radius 3 is 2.45 bits per heavy atom. The lowest BCUT2D eigenvalue weighted by Crippen LogP contribution is -2.48. The number of anilines is 1. The number of nitriles is 1. The molecule has 1 N–H and O–H groups in total. The number of para-hydroxylation sites is 1. The molecule has 9 heteroatoms. The second-order valence-corrected chi connectivity index (χ2v) is 7.38. The molecule has 0 radical (unpaired) electrons. The third kappa shape index (κ3) is 6.28. The summed E-state index contributed by atoms with van der Waals surface area (Å²) in [4.78, 5) is 16.1. The maximum atomic E-state index is 12.6. The van der Waals surface area contributed by atoms with Crippen molar-refractivity contribution in [3.63, 3.8) is 0 Å². The Labute approximate surface area is 178 Å². The van der Waals surface area contributed by atoms with Crippen molar-refractivity contribution in [2.75, 3.05) is 25.0 Å². The van der Waals surface area contributed by atoms with E-state index >= 15 is 0 Å². The monoisotopic (exact) mass is 432 g/mol. The number of carbonyl (C=O) groups excluding carboxylic acids is 1. The van der Waals surface area contributed by atoms with Gasteiger partial charge in [-0.25, -0.2) is 4.79 Å². The van der Waals surface area contributed by atoms with Crippen LogP contribution in [0, 0.1) is 11.3 Å². The summed E-state index contributed by atoms with van der Waals surface area (Å²) in [6.45, 7) is 1.49. The lowest BCUT2D eigenvalue weighted by Gasteiger charge is -2.34. The summed E-state index contributed by atoms with van der Waals surface area (Å²) in [6, 6.07) is 14.9. The molecule has 1 heterocycles. The van der Waals surface area contributed by atoms with Crippen molar-refractivity contribution in [1.82, 2.24) is 10.2 Å².